The van der Waals surface area contributed by atoms with Gasteiger partial charge < -0.3 is 5.32 Å². The summed E-state index contributed by atoms with van der Waals surface area (Å²) in [6.45, 7) is 3.88. The van der Waals surface area contributed by atoms with Crippen LogP contribution in [0, 0.1) is 13.8 Å². The highest BCUT2D eigenvalue weighted by molar-refractivity contribution is 7.99. The summed E-state index contributed by atoms with van der Waals surface area (Å²) < 4.78 is 1.68. The standard InChI is InChI=1S/C18H16N6OS2/c1-11-8-12(2)23-24-16(11)21-22-18(24)27-10-15(25)20-17-19-14(9-26-17)13-6-4-3-5-7-13/h3-9H,10H2,1-2H3,(H,19,20,25). The van der Waals surface area contributed by atoms with Gasteiger partial charge in [0.1, 0.15) is 0 Å². The Hall–Kier alpha value is -2.78. The Morgan fingerprint density at radius 3 is 2.85 bits per heavy atom. The molecule has 0 saturated heterocycles. The lowest BCUT2D eigenvalue weighted by Crippen LogP contribution is -2.14. The molecular weight excluding hydrogens is 380 g/mol. The zero-order chi connectivity index (χ0) is 18.8. The number of hydrogen-bond acceptors (Lipinski definition) is 7. The average Bonchev–Trinajstić information content (AvgIpc) is 3.28. The molecule has 1 aromatic carbocycles. The number of rotatable bonds is 5. The molecule has 1 N–H and O–H groups in total. The quantitative estimate of drug-likeness (QED) is 0.519. The lowest BCUT2D eigenvalue weighted by molar-refractivity contribution is -0.113. The molecule has 0 radical (unpaired) electrons. The summed E-state index contributed by atoms with van der Waals surface area (Å²) in [5.74, 6) is 0.0606. The lowest BCUT2D eigenvalue weighted by atomic mass is 10.2. The van der Waals surface area contributed by atoms with Crippen LogP contribution in [0.15, 0.2) is 46.9 Å². The fraction of sp³-hybridized carbons (Fsp3) is 0.167. The largest absolute Gasteiger partial charge is 0.301 e. The minimum absolute atomic E-state index is 0.143. The van der Waals surface area contributed by atoms with E-state index in [4.69, 9.17) is 0 Å². The Kier molecular flexibility index (Phi) is 4.87. The van der Waals surface area contributed by atoms with Gasteiger partial charge in [0.05, 0.1) is 17.1 Å². The third-order valence-corrected chi connectivity index (χ3v) is 5.48. The fourth-order valence-electron chi connectivity index (χ4n) is 2.61. The average molecular weight is 397 g/mol. The Labute approximate surface area is 163 Å². The van der Waals surface area contributed by atoms with Crippen molar-refractivity contribution in [3.8, 4) is 11.3 Å². The van der Waals surface area contributed by atoms with E-state index in [0.29, 0.717) is 15.9 Å². The second-order valence-corrected chi connectivity index (χ2v) is 7.73. The van der Waals surface area contributed by atoms with Crippen LogP contribution < -0.4 is 5.32 Å². The smallest absolute Gasteiger partial charge is 0.236 e. The van der Waals surface area contributed by atoms with Crippen LogP contribution in [-0.4, -0.2) is 36.5 Å². The van der Waals surface area contributed by atoms with Gasteiger partial charge in [-0.25, -0.2) is 4.98 Å². The van der Waals surface area contributed by atoms with Crippen LogP contribution in [0.25, 0.3) is 16.9 Å². The zero-order valence-electron chi connectivity index (χ0n) is 14.7. The van der Waals surface area contributed by atoms with E-state index in [1.54, 1.807) is 4.52 Å². The van der Waals surface area contributed by atoms with Crippen LogP contribution in [0.1, 0.15) is 11.3 Å². The van der Waals surface area contributed by atoms with Crippen molar-refractivity contribution in [2.24, 2.45) is 0 Å². The van der Waals surface area contributed by atoms with Crippen molar-refractivity contribution in [1.82, 2.24) is 24.8 Å². The number of hydrogen-bond donors (Lipinski definition) is 1. The Bertz CT molecular complexity index is 1110. The fourth-order valence-corrected chi connectivity index (χ4v) is 4.03. The number of nitrogens with zero attached hydrogens (tertiary/aromatic N) is 5. The van der Waals surface area contributed by atoms with Crippen molar-refractivity contribution in [1.29, 1.82) is 0 Å². The Balaban J connectivity index is 1.41. The molecule has 9 heteroatoms. The molecule has 0 unspecified atom stereocenters. The molecule has 4 rings (SSSR count). The molecule has 0 aliphatic rings. The third-order valence-electron chi connectivity index (χ3n) is 3.80. The number of carbonyl (C=O) groups is 1. The highest BCUT2D eigenvalue weighted by Crippen LogP contribution is 2.25. The first-order valence-corrected chi connectivity index (χ1v) is 10.1. The van der Waals surface area contributed by atoms with Gasteiger partial charge in [0, 0.05) is 10.9 Å². The molecule has 136 valence electrons. The first kappa shape index (κ1) is 17.6. The van der Waals surface area contributed by atoms with Crippen molar-refractivity contribution in [3.63, 3.8) is 0 Å². The van der Waals surface area contributed by atoms with Gasteiger partial charge in [-0.15, -0.1) is 21.5 Å². The number of thiazole rings is 1. The first-order chi connectivity index (χ1) is 13.1. The second kappa shape index (κ2) is 7.45. The van der Waals surface area contributed by atoms with Crippen LogP contribution in [0.4, 0.5) is 5.13 Å². The maximum atomic E-state index is 12.3. The predicted octanol–water partition coefficient (Wildman–Crippen LogP) is 3.60. The molecule has 7 nitrogen and oxygen atoms in total. The van der Waals surface area contributed by atoms with Crippen LogP contribution >= 0.6 is 23.1 Å². The van der Waals surface area contributed by atoms with Gasteiger partial charge in [-0.3, -0.25) is 4.79 Å². The third kappa shape index (κ3) is 3.83. The Morgan fingerprint density at radius 2 is 2.04 bits per heavy atom. The number of carbonyl (C=O) groups excluding carboxylic acids is 1. The summed E-state index contributed by atoms with van der Waals surface area (Å²) in [7, 11) is 0. The number of benzene rings is 1. The van der Waals surface area contributed by atoms with Gasteiger partial charge in [0.25, 0.3) is 0 Å². The summed E-state index contributed by atoms with van der Waals surface area (Å²) >= 11 is 2.70. The van der Waals surface area contributed by atoms with E-state index in [1.165, 1.54) is 23.1 Å². The van der Waals surface area contributed by atoms with E-state index in [-0.39, 0.29) is 11.7 Å². The maximum absolute atomic E-state index is 12.3. The molecule has 3 heterocycles. The number of nitrogens with one attached hydrogen (secondary N) is 1. The highest BCUT2D eigenvalue weighted by atomic mass is 32.2. The van der Waals surface area contributed by atoms with E-state index in [1.807, 2.05) is 55.6 Å². The van der Waals surface area contributed by atoms with E-state index >= 15 is 0 Å². The first-order valence-electron chi connectivity index (χ1n) is 8.23. The number of anilines is 1. The minimum Gasteiger partial charge on any atom is -0.301 e. The molecule has 0 aliphatic heterocycles. The summed E-state index contributed by atoms with van der Waals surface area (Å²) in [6, 6.07) is 11.8. The molecule has 0 atom stereocenters. The number of fused-ring (bicyclic) bond motifs is 1. The lowest BCUT2D eigenvalue weighted by Gasteiger charge is -2.02. The van der Waals surface area contributed by atoms with E-state index < -0.39 is 0 Å². The van der Waals surface area contributed by atoms with Crippen molar-refractivity contribution < 1.29 is 4.79 Å². The summed E-state index contributed by atoms with van der Waals surface area (Å²) in [4.78, 5) is 16.8. The number of thioether (sulfide) groups is 1. The number of aryl methyl sites for hydroxylation is 2. The molecule has 0 aliphatic carbocycles. The van der Waals surface area contributed by atoms with Gasteiger partial charge in [0.15, 0.2) is 10.8 Å². The number of aromatic nitrogens is 5. The van der Waals surface area contributed by atoms with E-state index in [0.717, 1.165) is 22.5 Å². The van der Waals surface area contributed by atoms with Crippen molar-refractivity contribution >= 4 is 39.8 Å². The minimum atomic E-state index is -0.143. The molecule has 1 amide bonds. The topological polar surface area (TPSA) is 85.1 Å². The molecule has 0 bridgehead atoms. The molecule has 0 spiro atoms. The van der Waals surface area contributed by atoms with Crippen LogP contribution in [-0.2, 0) is 4.79 Å². The van der Waals surface area contributed by atoms with Gasteiger partial charge in [-0.05, 0) is 25.5 Å². The molecule has 27 heavy (non-hydrogen) atoms. The molecule has 0 fully saturated rings. The maximum Gasteiger partial charge on any atom is 0.236 e. The summed E-state index contributed by atoms with van der Waals surface area (Å²) in [6.07, 6.45) is 0. The molecule has 0 saturated carbocycles. The van der Waals surface area contributed by atoms with Crippen molar-refractivity contribution in [2.75, 3.05) is 11.1 Å². The van der Waals surface area contributed by atoms with Crippen LogP contribution in [0.2, 0.25) is 0 Å². The van der Waals surface area contributed by atoms with E-state index in [9.17, 15) is 4.79 Å². The monoisotopic (exact) mass is 396 g/mol. The zero-order valence-corrected chi connectivity index (χ0v) is 16.3. The molecule has 4 aromatic rings. The van der Waals surface area contributed by atoms with Crippen LogP contribution in [0.5, 0.6) is 0 Å². The van der Waals surface area contributed by atoms with Crippen molar-refractivity contribution in [3.05, 3.63) is 53.0 Å². The van der Waals surface area contributed by atoms with Crippen molar-refractivity contribution in [2.45, 2.75) is 19.0 Å². The van der Waals surface area contributed by atoms with Gasteiger partial charge >= 0.3 is 0 Å². The van der Waals surface area contributed by atoms with Gasteiger partial charge in [-0.1, -0.05) is 42.1 Å². The summed E-state index contributed by atoms with van der Waals surface area (Å²) in [5, 5.41) is 18.6. The molecular formula is C18H16N6OS2. The Morgan fingerprint density at radius 1 is 1.22 bits per heavy atom. The second-order valence-electron chi connectivity index (χ2n) is 5.93. The SMILES string of the molecule is Cc1cc(C)c2nnc(SCC(=O)Nc3nc(-c4ccccc4)cs3)n2n1. The van der Waals surface area contributed by atoms with E-state index in [2.05, 4.69) is 25.6 Å². The highest BCUT2D eigenvalue weighted by Gasteiger charge is 2.13. The molecule has 3 aromatic heterocycles. The van der Waals surface area contributed by atoms with Crippen LogP contribution in [0.3, 0.4) is 0 Å². The predicted molar refractivity (Wildman–Crippen MR) is 107 cm³/mol. The van der Waals surface area contributed by atoms with Gasteiger partial charge in [-0.2, -0.15) is 9.61 Å². The number of amides is 1. The normalized spacial score (nSPS) is 11.0. The summed E-state index contributed by atoms with van der Waals surface area (Å²) in [5.41, 5.74) is 4.46. The van der Waals surface area contributed by atoms with Gasteiger partial charge in [0.2, 0.25) is 11.1 Å².